The maximum atomic E-state index is 13.3. The molecule has 0 spiro atoms. The van der Waals surface area contributed by atoms with Crippen LogP contribution in [0.15, 0.2) is 79.1 Å². The van der Waals surface area contributed by atoms with Crippen LogP contribution in [0, 0.1) is 5.41 Å². The van der Waals surface area contributed by atoms with Gasteiger partial charge in [-0.15, -0.1) is 0 Å². The summed E-state index contributed by atoms with van der Waals surface area (Å²) >= 11 is 0. The number of para-hydroxylation sites is 1. The Morgan fingerprint density at radius 3 is 2.48 bits per heavy atom. The number of aromatic nitrogens is 2. The van der Waals surface area contributed by atoms with Crippen LogP contribution in [0.1, 0.15) is 83.2 Å². The number of imide groups is 2. The van der Waals surface area contributed by atoms with Crippen molar-refractivity contribution in [3.63, 3.8) is 0 Å². The number of anilines is 3. The molecule has 5 amide bonds. The van der Waals surface area contributed by atoms with Gasteiger partial charge in [-0.3, -0.25) is 39.6 Å². The average Bonchev–Trinajstić information content (AvgIpc) is 3.44. The van der Waals surface area contributed by atoms with Crippen molar-refractivity contribution < 1.29 is 28.7 Å². The van der Waals surface area contributed by atoms with Gasteiger partial charge in [-0.2, -0.15) is 0 Å². The van der Waals surface area contributed by atoms with Gasteiger partial charge in [0, 0.05) is 31.0 Å². The molecule has 0 radical (unpaired) electrons. The predicted octanol–water partition coefficient (Wildman–Crippen LogP) is 4.74. The van der Waals surface area contributed by atoms with Gasteiger partial charge in [-0.25, -0.2) is 9.97 Å². The first-order valence-electron chi connectivity index (χ1n) is 18.8. The molecule has 0 aliphatic carbocycles. The zero-order valence-electron chi connectivity index (χ0n) is 30.8. The highest BCUT2D eigenvalue weighted by Gasteiger charge is 2.45. The number of carbonyl (C=O) groups is 5. The maximum absolute atomic E-state index is 13.3. The summed E-state index contributed by atoms with van der Waals surface area (Å²) in [6, 6.07) is 20.4. The van der Waals surface area contributed by atoms with Gasteiger partial charge in [0.2, 0.25) is 17.7 Å². The summed E-state index contributed by atoms with van der Waals surface area (Å²) in [5.41, 5.74) is 8.02. The van der Waals surface area contributed by atoms with E-state index in [9.17, 15) is 24.0 Å². The summed E-state index contributed by atoms with van der Waals surface area (Å²) in [7, 11) is 0. The molecule has 56 heavy (non-hydrogen) atoms. The number of nitrogens with zero attached hydrogens (tertiary/aromatic N) is 4. The number of carbonyl (C=O) groups excluding carboxylic acids is 5. The van der Waals surface area contributed by atoms with Crippen molar-refractivity contribution in [1.82, 2.24) is 25.1 Å². The van der Waals surface area contributed by atoms with Crippen LogP contribution in [0.2, 0.25) is 0 Å². The monoisotopic (exact) mass is 757 g/mol. The van der Waals surface area contributed by atoms with Gasteiger partial charge in [0.15, 0.2) is 0 Å². The van der Waals surface area contributed by atoms with E-state index in [4.69, 9.17) is 15.9 Å². The fourth-order valence-corrected chi connectivity index (χ4v) is 7.41. The van der Waals surface area contributed by atoms with Gasteiger partial charge in [0.05, 0.1) is 28.1 Å². The van der Waals surface area contributed by atoms with Crippen LogP contribution in [0.4, 0.5) is 17.3 Å². The minimum atomic E-state index is -1.08. The number of hydrogen-bond acceptors (Lipinski definition) is 12. The molecule has 15 heteroatoms. The molecule has 2 atom stereocenters. The van der Waals surface area contributed by atoms with E-state index in [0.717, 1.165) is 56.0 Å². The van der Waals surface area contributed by atoms with Gasteiger partial charge in [-0.05, 0) is 93.7 Å². The Bertz CT molecular complexity index is 2160. The Labute approximate surface area is 323 Å². The second-order valence-electron chi connectivity index (χ2n) is 14.1. The lowest BCUT2D eigenvalue weighted by molar-refractivity contribution is -0.136. The summed E-state index contributed by atoms with van der Waals surface area (Å²) in [6.45, 7) is 2.58. The molecule has 3 aromatic carbocycles. The predicted molar refractivity (Wildman–Crippen MR) is 209 cm³/mol. The van der Waals surface area contributed by atoms with Crippen LogP contribution in [0.5, 0.6) is 11.5 Å². The quantitative estimate of drug-likeness (QED) is 0.0673. The SMILES string of the molecule is N=C(c1ccc(Oc2ccccc2)cc1)c1c(N)ncnc1N[C@@H]1CCCN(CCCCCC(=O)Nc2cccc3c2C(=O)N(C2CCC(=O)NC2=O)C3=O)C1. The molecule has 4 heterocycles. The Kier molecular flexibility index (Phi) is 11.4. The van der Waals surface area contributed by atoms with Crippen molar-refractivity contribution in [3.8, 4) is 11.5 Å². The fraction of sp³-hybridized carbons (Fsp3) is 0.317. The highest BCUT2D eigenvalue weighted by atomic mass is 16.5. The number of nitrogen functional groups attached to an aromatic ring is 1. The van der Waals surface area contributed by atoms with Crippen molar-refractivity contribution in [3.05, 3.63) is 101 Å². The van der Waals surface area contributed by atoms with E-state index in [2.05, 4.69) is 30.8 Å². The van der Waals surface area contributed by atoms with Crippen LogP contribution in [-0.4, -0.2) is 86.7 Å². The van der Waals surface area contributed by atoms with Gasteiger partial charge < -0.3 is 26.0 Å². The molecule has 0 saturated carbocycles. The van der Waals surface area contributed by atoms with E-state index >= 15 is 0 Å². The molecular weight excluding hydrogens is 715 g/mol. The van der Waals surface area contributed by atoms with Crippen molar-refractivity contribution in [2.45, 2.75) is 63.5 Å². The first kappa shape index (κ1) is 37.8. The largest absolute Gasteiger partial charge is 0.457 e. The van der Waals surface area contributed by atoms with Crippen LogP contribution < -0.4 is 26.4 Å². The molecule has 7 rings (SSSR count). The third-order valence-corrected chi connectivity index (χ3v) is 10.2. The molecule has 3 aliphatic heterocycles. The minimum absolute atomic E-state index is 0.0257. The van der Waals surface area contributed by atoms with Crippen LogP contribution >= 0.6 is 0 Å². The van der Waals surface area contributed by atoms with E-state index < -0.39 is 29.7 Å². The van der Waals surface area contributed by atoms with Crippen LogP contribution in [0.25, 0.3) is 0 Å². The molecule has 288 valence electrons. The number of hydrogen-bond donors (Lipinski definition) is 5. The number of nitrogens with one attached hydrogen (secondary N) is 4. The molecule has 1 aromatic heterocycles. The molecular formula is C41H43N9O6. The number of fused-ring (bicyclic) bond motifs is 1. The number of amides is 5. The molecule has 6 N–H and O–H groups in total. The van der Waals surface area contributed by atoms with E-state index in [1.807, 2.05) is 54.6 Å². The molecule has 1 unspecified atom stereocenters. The van der Waals surface area contributed by atoms with Gasteiger partial charge in [-0.1, -0.05) is 30.7 Å². The third-order valence-electron chi connectivity index (χ3n) is 10.2. The van der Waals surface area contributed by atoms with E-state index in [1.54, 1.807) is 12.1 Å². The normalized spacial score (nSPS) is 18.3. The second kappa shape index (κ2) is 16.9. The lowest BCUT2D eigenvalue weighted by Crippen LogP contribution is -2.54. The van der Waals surface area contributed by atoms with Gasteiger partial charge in [0.25, 0.3) is 11.8 Å². The van der Waals surface area contributed by atoms with E-state index in [0.29, 0.717) is 29.1 Å². The maximum Gasteiger partial charge on any atom is 0.264 e. The molecule has 15 nitrogen and oxygen atoms in total. The van der Waals surface area contributed by atoms with E-state index in [-0.39, 0.29) is 59.6 Å². The van der Waals surface area contributed by atoms with Crippen molar-refractivity contribution in [1.29, 1.82) is 5.41 Å². The van der Waals surface area contributed by atoms with Crippen molar-refractivity contribution in [2.24, 2.45) is 0 Å². The standard InChI is InChI=1S/C41H43N9O6/c42-36(25-15-17-28(18-16-25)56-27-10-3-1-4-11-27)35-37(43)44-24-45-38(35)46-26-9-8-22-49(23-26)21-6-2-5-14-32(51)47-30-13-7-12-29-34(30)41(55)50(40(29)54)31-19-20-33(52)48-39(31)53/h1,3-4,7,10-13,15-18,24,26,31,42H,2,5-6,8-9,14,19-23H2,(H,47,51)(H,48,52,53)(H3,43,44,45,46)/t26-,31?/m1/s1. The first-order chi connectivity index (χ1) is 27.2. The van der Waals surface area contributed by atoms with E-state index in [1.165, 1.54) is 12.4 Å². The minimum Gasteiger partial charge on any atom is -0.457 e. The Hall–Kier alpha value is -6.48. The highest BCUT2D eigenvalue weighted by Crippen LogP contribution is 2.33. The molecule has 4 aromatic rings. The smallest absolute Gasteiger partial charge is 0.264 e. The molecule has 2 saturated heterocycles. The number of nitrogens with two attached hydrogens (primary N) is 1. The van der Waals surface area contributed by atoms with Crippen molar-refractivity contribution >= 4 is 52.6 Å². The zero-order valence-corrected chi connectivity index (χ0v) is 30.8. The lowest BCUT2D eigenvalue weighted by Gasteiger charge is -2.33. The topological polar surface area (TPSA) is 213 Å². The number of rotatable bonds is 14. The summed E-state index contributed by atoms with van der Waals surface area (Å²) < 4.78 is 5.90. The number of benzene rings is 3. The summed E-state index contributed by atoms with van der Waals surface area (Å²) in [4.78, 5) is 75.4. The summed E-state index contributed by atoms with van der Waals surface area (Å²) in [6.07, 6.45) is 5.97. The second-order valence-corrected chi connectivity index (χ2v) is 14.1. The fourth-order valence-electron chi connectivity index (χ4n) is 7.41. The number of unbranched alkanes of at least 4 members (excludes halogenated alkanes) is 2. The zero-order chi connectivity index (χ0) is 39.2. The number of piperidine rings is 2. The molecule has 2 fully saturated rings. The van der Waals surface area contributed by atoms with Gasteiger partial charge in [0.1, 0.15) is 35.5 Å². The van der Waals surface area contributed by atoms with Crippen LogP contribution in [-0.2, 0) is 14.4 Å². The number of ether oxygens (including phenoxy) is 1. The average molecular weight is 758 g/mol. The Morgan fingerprint density at radius 2 is 1.70 bits per heavy atom. The van der Waals surface area contributed by atoms with Gasteiger partial charge >= 0.3 is 0 Å². The summed E-state index contributed by atoms with van der Waals surface area (Å²) in [5.74, 6) is -0.576. The molecule has 3 aliphatic rings. The number of likely N-dealkylation sites (tertiary alicyclic amines) is 1. The molecule has 0 bridgehead atoms. The van der Waals surface area contributed by atoms with Crippen LogP contribution in [0.3, 0.4) is 0 Å². The third kappa shape index (κ3) is 8.42. The first-order valence-corrected chi connectivity index (χ1v) is 18.8. The lowest BCUT2D eigenvalue weighted by atomic mass is 10.0. The van der Waals surface area contributed by atoms with Crippen molar-refractivity contribution in [2.75, 3.05) is 36.0 Å². The Balaban J connectivity index is 0.876. The summed E-state index contributed by atoms with van der Waals surface area (Å²) in [5, 5.41) is 17.5. The highest BCUT2D eigenvalue weighted by molar-refractivity contribution is 6.26. The Morgan fingerprint density at radius 1 is 0.911 bits per heavy atom.